The summed E-state index contributed by atoms with van der Waals surface area (Å²) in [7, 11) is 0. The van der Waals surface area contributed by atoms with Crippen molar-refractivity contribution < 1.29 is 0 Å². The molecule has 0 amide bonds. The van der Waals surface area contributed by atoms with E-state index < -0.39 is 0 Å². The summed E-state index contributed by atoms with van der Waals surface area (Å²) in [4.78, 5) is 4.27. The van der Waals surface area contributed by atoms with Gasteiger partial charge in [0.1, 0.15) is 5.03 Å². The van der Waals surface area contributed by atoms with Gasteiger partial charge in [-0.2, -0.15) is 0 Å². The highest BCUT2D eigenvalue weighted by atomic mass is 32.2. The van der Waals surface area contributed by atoms with E-state index in [1.54, 1.807) is 11.8 Å². The van der Waals surface area contributed by atoms with E-state index in [4.69, 9.17) is 5.73 Å². The second kappa shape index (κ2) is 4.48. The van der Waals surface area contributed by atoms with Crippen molar-refractivity contribution in [3.8, 4) is 0 Å². The van der Waals surface area contributed by atoms with Gasteiger partial charge in [-0.05, 0) is 18.7 Å². The number of aromatic nitrogens is 1. The average molecular weight is 182 g/mol. The monoisotopic (exact) mass is 182 g/mol. The molecule has 0 aliphatic carbocycles. The summed E-state index contributed by atoms with van der Waals surface area (Å²) in [6, 6.07) is 4.04. The zero-order valence-electron chi connectivity index (χ0n) is 7.45. The Morgan fingerprint density at radius 1 is 1.67 bits per heavy atom. The molecule has 2 nitrogen and oxygen atoms in total. The first kappa shape index (κ1) is 9.55. The van der Waals surface area contributed by atoms with E-state index in [-0.39, 0.29) is 6.04 Å². The molecule has 3 heteroatoms. The Bertz CT molecular complexity index is 248. The largest absolute Gasteiger partial charge is 0.324 e. The molecule has 12 heavy (non-hydrogen) atoms. The quantitative estimate of drug-likeness (QED) is 0.728. The van der Waals surface area contributed by atoms with Gasteiger partial charge in [-0.1, -0.05) is 13.0 Å². The third kappa shape index (κ3) is 2.22. The molecule has 1 unspecified atom stereocenters. The number of rotatable bonds is 3. The van der Waals surface area contributed by atoms with Gasteiger partial charge in [0.25, 0.3) is 0 Å². The predicted molar refractivity (Wildman–Crippen MR) is 53.2 cm³/mol. The van der Waals surface area contributed by atoms with Crippen molar-refractivity contribution in [1.82, 2.24) is 4.98 Å². The SMILES string of the molecule is CCSc1ncccc1C(C)N. The average Bonchev–Trinajstić information content (AvgIpc) is 2.05. The van der Waals surface area contributed by atoms with Crippen molar-refractivity contribution in [3.05, 3.63) is 23.9 Å². The minimum atomic E-state index is 0.0766. The second-order valence-corrected chi connectivity index (χ2v) is 3.87. The van der Waals surface area contributed by atoms with Gasteiger partial charge in [-0.25, -0.2) is 4.98 Å². The number of nitrogens with zero attached hydrogens (tertiary/aromatic N) is 1. The molecule has 0 aliphatic heterocycles. The summed E-state index contributed by atoms with van der Waals surface area (Å²) in [5.41, 5.74) is 6.93. The standard InChI is InChI=1S/C9H14N2S/c1-3-12-9-8(7(2)10)5-4-6-11-9/h4-7H,3,10H2,1-2H3. The molecular weight excluding hydrogens is 168 g/mol. The fourth-order valence-corrected chi connectivity index (χ4v) is 1.84. The highest BCUT2D eigenvalue weighted by molar-refractivity contribution is 7.99. The molecule has 1 heterocycles. The summed E-state index contributed by atoms with van der Waals surface area (Å²) < 4.78 is 0. The van der Waals surface area contributed by atoms with E-state index in [1.807, 2.05) is 25.3 Å². The number of pyridine rings is 1. The molecule has 1 rings (SSSR count). The Labute approximate surface area is 77.6 Å². The Morgan fingerprint density at radius 3 is 3.00 bits per heavy atom. The molecular formula is C9H14N2S. The van der Waals surface area contributed by atoms with Gasteiger partial charge in [0.2, 0.25) is 0 Å². The van der Waals surface area contributed by atoms with Crippen molar-refractivity contribution >= 4 is 11.8 Å². The molecule has 66 valence electrons. The van der Waals surface area contributed by atoms with Crippen molar-refractivity contribution in [3.63, 3.8) is 0 Å². The third-order valence-electron chi connectivity index (χ3n) is 1.57. The Balaban J connectivity index is 2.92. The lowest BCUT2D eigenvalue weighted by atomic mass is 10.2. The fourth-order valence-electron chi connectivity index (χ4n) is 1.01. The van der Waals surface area contributed by atoms with Crippen LogP contribution in [0.15, 0.2) is 23.4 Å². The summed E-state index contributed by atoms with van der Waals surface area (Å²) in [6.45, 7) is 4.10. The van der Waals surface area contributed by atoms with Crippen LogP contribution < -0.4 is 5.73 Å². The first-order valence-corrected chi connectivity index (χ1v) is 5.07. The van der Waals surface area contributed by atoms with E-state index in [9.17, 15) is 0 Å². The van der Waals surface area contributed by atoms with Crippen LogP contribution in [0.1, 0.15) is 25.5 Å². The maximum atomic E-state index is 5.79. The molecule has 0 saturated carbocycles. The van der Waals surface area contributed by atoms with Crippen LogP contribution in [-0.2, 0) is 0 Å². The van der Waals surface area contributed by atoms with Crippen LogP contribution in [0.4, 0.5) is 0 Å². The minimum Gasteiger partial charge on any atom is -0.324 e. The van der Waals surface area contributed by atoms with Crippen LogP contribution in [0.5, 0.6) is 0 Å². The smallest absolute Gasteiger partial charge is 0.101 e. The zero-order chi connectivity index (χ0) is 8.97. The topological polar surface area (TPSA) is 38.9 Å². The Kier molecular flexibility index (Phi) is 3.56. The second-order valence-electron chi connectivity index (χ2n) is 2.62. The molecule has 0 aliphatic rings. The van der Waals surface area contributed by atoms with Gasteiger partial charge >= 0.3 is 0 Å². The van der Waals surface area contributed by atoms with Crippen LogP contribution in [0, 0.1) is 0 Å². The summed E-state index contributed by atoms with van der Waals surface area (Å²) >= 11 is 1.74. The van der Waals surface area contributed by atoms with Gasteiger partial charge in [0.05, 0.1) is 0 Å². The summed E-state index contributed by atoms with van der Waals surface area (Å²) in [5, 5.41) is 1.06. The van der Waals surface area contributed by atoms with E-state index in [2.05, 4.69) is 11.9 Å². The number of hydrogen-bond acceptors (Lipinski definition) is 3. The molecule has 0 bridgehead atoms. The Hall–Kier alpha value is -0.540. The first-order valence-electron chi connectivity index (χ1n) is 4.09. The molecule has 0 spiro atoms. The molecule has 1 aromatic heterocycles. The Morgan fingerprint density at radius 2 is 2.42 bits per heavy atom. The number of thioether (sulfide) groups is 1. The molecule has 0 aromatic carbocycles. The van der Waals surface area contributed by atoms with Gasteiger partial charge in [-0.3, -0.25) is 0 Å². The normalized spacial score (nSPS) is 12.9. The maximum absolute atomic E-state index is 5.79. The van der Waals surface area contributed by atoms with Crippen LogP contribution in [0.2, 0.25) is 0 Å². The predicted octanol–water partition coefficient (Wildman–Crippen LogP) is 2.21. The molecule has 0 radical (unpaired) electrons. The van der Waals surface area contributed by atoms with E-state index in [0.29, 0.717) is 0 Å². The van der Waals surface area contributed by atoms with Gasteiger partial charge in [-0.15, -0.1) is 11.8 Å². The maximum Gasteiger partial charge on any atom is 0.101 e. The van der Waals surface area contributed by atoms with Gasteiger partial charge in [0.15, 0.2) is 0 Å². The summed E-state index contributed by atoms with van der Waals surface area (Å²) in [5.74, 6) is 1.04. The fraction of sp³-hybridized carbons (Fsp3) is 0.444. The van der Waals surface area contributed by atoms with Crippen LogP contribution >= 0.6 is 11.8 Å². The highest BCUT2D eigenvalue weighted by Gasteiger charge is 2.06. The van der Waals surface area contributed by atoms with E-state index >= 15 is 0 Å². The van der Waals surface area contributed by atoms with Crippen molar-refractivity contribution in [2.45, 2.75) is 24.9 Å². The number of hydrogen-bond donors (Lipinski definition) is 1. The molecule has 1 atom stereocenters. The zero-order valence-corrected chi connectivity index (χ0v) is 8.27. The molecule has 0 fully saturated rings. The van der Waals surface area contributed by atoms with Crippen LogP contribution in [0.25, 0.3) is 0 Å². The van der Waals surface area contributed by atoms with Crippen LogP contribution in [0.3, 0.4) is 0 Å². The lowest BCUT2D eigenvalue weighted by Gasteiger charge is -2.09. The van der Waals surface area contributed by atoms with E-state index in [0.717, 1.165) is 16.3 Å². The van der Waals surface area contributed by atoms with Crippen molar-refractivity contribution in [2.24, 2.45) is 5.73 Å². The molecule has 2 N–H and O–H groups in total. The van der Waals surface area contributed by atoms with Crippen molar-refractivity contribution in [2.75, 3.05) is 5.75 Å². The van der Waals surface area contributed by atoms with Gasteiger partial charge < -0.3 is 5.73 Å². The summed E-state index contributed by atoms with van der Waals surface area (Å²) in [6.07, 6.45) is 1.81. The highest BCUT2D eigenvalue weighted by Crippen LogP contribution is 2.23. The molecule has 1 aromatic rings. The van der Waals surface area contributed by atoms with Crippen molar-refractivity contribution in [1.29, 1.82) is 0 Å². The minimum absolute atomic E-state index is 0.0766. The number of nitrogens with two attached hydrogens (primary N) is 1. The first-order chi connectivity index (χ1) is 5.75. The van der Waals surface area contributed by atoms with E-state index in [1.165, 1.54) is 0 Å². The van der Waals surface area contributed by atoms with Crippen LogP contribution in [-0.4, -0.2) is 10.7 Å². The lowest BCUT2D eigenvalue weighted by Crippen LogP contribution is -2.07. The lowest BCUT2D eigenvalue weighted by molar-refractivity contribution is 0.779. The van der Waals surface area contributed by atoms with Gasteiger partial charge in [0, 0.05) is 17.8 Å². The molecule has 0 saturated heterocycles. The third-order valence-corrected chi connectivity index (χ3v) is 2.48.